The lowest BCUT2D eigenvalue weighted by Gasteiger charge is -2.26. The summed E-state index contributed by atoms with van der Waals surface area (Å²) in [7, 11) is 0. The van der Waals surface area contributed by atoms with Crippen molar-refractivity contribution in [3.8, 4) is 17.0 Å². The molecule has 1 aliphatic carbocycles. The van der Waals surface area contributed by atoms with Crippen molar-refractivity contribution in [1.82, 2.24) is 25.4 Å². The number of hydrazine groups is 1. The molecule has 2 aromatic heterocycles. The minimum Gasteiger partial charge on any atom is -0.493 e. The second-order valence-electron chi connectivity index (χ2n) is 8.45. The molecule has 1 amide bonds. The van der Waals surface area contributed by atoms with E-state index in [9.17, 15) is 9.18 Å². The fourth-order valence-electron chi connectivity index (χ4n) is 4.11. The molecule has 0 radical (unpaired) electrons. The zero-order chi connectivity index (χ0) is 21.4. The second kappa shape index (κ2) is 8.26. The Morgan fingerprint density at radius 3 is 2.84 bits per heavy atom. The zero-order valence-corrected chi connectivity index (χ0v) is 17.6. The van der Waals surface area contributed by atoms with Crippen LogP contribution < -0.4 is 10.2 Å². The molecule has 5 rings (SSSR count). The molecule has 1 saturated carbocycles. The van der Waals surface area contributed by atoms with Crippen LogP contribution in [0.25, 0.3) is 22.3 Å². The number of carbonyl (C=O) groups is 1. The molecule has 1 aliphatic heterocycles. The van der Waals surface area contributed by atoms with Crippen LogP contribution in [-0.2, 0) is 0 Å². The number of fused-ring (bicyclic) bond motifs is 1. The summed E-state index contributed by atoms with van der Waals surface area (Å²) in [6, 6.07) is 4.45. The number of benzene rings is 1. The van der Waals surface area contributed by atoms with Crippen LogP contribution in [0.5, 0.6) is 5.75 Å². The summed E-state index contributed by atoms with van der Waals surface area (Å²) in [4.78, 5) is 25.1. The topological polar surface area (TPSA) is 83.1 Å². The fourth-order valence-corrected chi connectivity index (χ4v) is 4.11. The summed E-state index contributed by atoms with van der Waals surface area (Å²) in [5, 5.41) is 1.96. The van der Waals surface area contributed by atoms with Crippen LogP contribution in [0.4, 0.5) is 4.39 Å². The Labute approximate surface area is 180 Å². The Hall–Kier alpha value is -3.00. The van der Waals surface area contributed by atoms with Crippen LogP contribution in [0.3, 0.4) is 0 Å². The Balaban J connectivity index is 1.52. The summed E-state index contributed by atoms with van der Waals surface area (Å²) < 4.78 is 20.1. The standard InChI is InChI=1S/C23H26FN5O2/c1-14-19(23(30)28-29-9-3-2-4-10-29)21-22(27-14)20(25-13-26-21)17-11-16(24)7-8-18(17)31-12-15-5-6-15/h7-8,11,13,15,27H,2-6,9-10,12H2,1H3,(H,28,30). The number of amides is 1. The summed E-state index contributed by atoms with van der Waals surface area (Å²) in [6.45, 7) is 4.14. The largest absolute Gasteiger partial charge is 0.493 e. The van der Waals surface area contributed by atoms with Crippen LogP contribution in [0.15, 0.2) is 24.5 Å². The average molecular weight is 423 g/mol. The first kappa shape index (κ1) is 19.9. The maximum Gasteiger partial charge on any atom is 0.269 e. The number of hydrogen-bond donors (Lipinski definition) is 2. The summed E-state index contributed by atoms with van der Waals surface area (Å²) in [5.41, 5.74) is 6.39. The Morgan fingerprint density at radius 2 is 2.06 bits per heavy atom. The van der Waals surface area contributed by atoms with Crippen molar-refractivity contribution in [3.63, 3.8) is 0 Å². The first-order chi connectivity index (χ1) is 15.1. The van der Waals surface area contributed by atoms with E-state index in [4.69, 9.17) is 4.74 Å². The van der Waals surface area contributed by atoms with Crippen molar-refractivity contribution >= 4 is 16.9 Å². The molecule has 162 valence electrons. The van der Waals surface area contributed by atoms with Crippen molar-refractivity contribution in [2.45, 2.75) is 39.0 Å². The molecule has 7 nitrogen and oxygen atoms in total. The molecule has 3 aromatic rings. The second-order valence-corrected chi connectivity index (χ2v) is 8.45. The van der Waals surface area contributed by atoms with Crippen molar-refractivity contribution in [1.29, 1.82) is 0 Å². The lowest BCUT2D eigenvalue weighted by molar-refractivity contribution is 0.0751. The molecule has 0 spiro atoms. The number of nitrogens with one attached hydrogen (secondary N) is 2. The third-order valence-electron chi connectivity index (χ3n) is 5.98. The molecule has 2 aliphatic rings. The molecule has 8 heteroatoms. The van der Waals surface area contributed by atoms with E-state index in [-0.39, 0.29) is 11.7 Å². The molecule has 1 aromatic carbocycles. The van der Waals surface area contributed by atoms with Gasteiger partial charge < -0.3 is 9.72 Å². The number of halogens is 1. The normalized spacial score (nSPS) is 17.1. The lowest BCUT2D eigenvalue weighted by Crippen LogP contribution is -2.45. The molecule has 2 fully saturated rings. The van der Waals surface area contributed by atoms with Gasteiger partial charge in [-0.1, -0.05) is 6.42 Å². The van der Waals surface area contributed by atoms with Crippen molar-refractivity contribution in [3.05, 3.63) is 41.6 Å². The fraction of sp³-hybridized carbons (Fsp3) is 0.435. The number of aryl methyl sites for hydroxylation is 1. The molecule has 1 saturated heterocycles. The number of H-pyrrole nitrogens is 1. The van der Waals surface area contributed by atoms with Gasteiger partial charge in [0, 0.05) is 24.3 Å². The lowest BCUT2D eigenvalue weighted by atomic mass is 10.1. The minimum absolute atomic E-state index is 0.195. The maximum absolute atomic E-state index is 14.1. The highest BCUT2D eigenvalue weighted by Crippen LogP contribution is 2.36. The van der Waals surface area contributed by atoms with Gasteiger partial charge in [-0.05, 0) is 56.7 Å². The molecule has 0 unspecified atom stereocenters. The van der Waals surface area contributed by atoms with Crippen LogP contribution in [0.2, 0.25) is 0 Å². The number of aromatic amines is 1. The van der Waals surface area contributed by atoms with Crippen LogP contribution in [0.1, 0.15) is 48.2 Å². The summed E-state index contributed by atoms with van der Waals surface area (Å²) in [5.74, 6) is 0.590. The number of piperidine rings is 1. The number of carbonyl (C=O) groups excluding carboxylic acids is 1. The van der Waals surface area contributed by atoms with E-state index in [1.165, 1.54) is 37.7 Å². The van der Waals surface area contributed by atoms with Gasteiger partial charge in [0.05, 0.1) is 17.7 Å². The first-order valence-electron chi connectivity index (χ1n) is 10.9. The summed E-state index contributed by atoms with van der Waals surface area (Å²) >= 11 is 0. The number of rotatable bonds is 6. The van der Waals surface area contributed by atoms with E-state index in [0.717, 1.165) is 25.9 Å². The van der Waals surface area contributed by atoms with Gasteiger partial charge in [0.1, 0.15) is 29.1 Å². The van der Waals surface area contributed by atoms with Gasteiger partial charge in [-0.2, -0.15) is 0 Å². The Morgan fingerprint density at radius 1 is 1.26 bits per heavy atom. The molecule has 31 heavy (non-hydrogen) atoms. The van der Waals surface area contributed by atoms with Gasteiger partial charge in [0.2, 0.25) is 0 Å². The van der Waals surface area contributed by atoms with Crippen LogP contribution >= 0.6 is 0 Å². The first-order valence-corrected chi connectivity index (χ1v) is 10.9. The van der Waals surface area contributed by atoms with Crippen molar-refractivity contribution in [2.75, 3.05) is 19.7 Å². The predicted octanol–water partition coefficient (Wildman–Crippen LogP) is 3.99. The van der Waals surface area contributed by atoms with E-state index in [1.54, 1.807) is 6.07 Å². The van der Waals surface area contributed by atoms with Gasteiger partial charge in [-0.15, -0.1) is 0 Å². The number of nitrogens with zero attached hydrogens (tertiary/aromatic N) is 3. The SMILES string of the molecule is Cc1[nH]c2c(-c3cc(F)ccc3OCC3CC3)ncnc2c1C(=O)NN1CCCCC1. The molecule has 3 heterocycles. The molecule has 2 N–H and O–H groups in total. The van der Waals surface area contributed by atoms with Crippen LogP contribution in [-0.4, -0.2) is 45.6 Å². The van der Waals surface area contributed by atoms with E-state index in [0.29, 0.717) is 51.8 Å². The maximum atomic E-state index is 14.1. The molecule has 0 bridgehead atoms. The van der Waals surface area contributed by atoms with E-state index in [2.05, 4.69) is 20.4 Å². The third kappa shape index (κ3) is 4.12. The molecular formula is C23H26FN5O2. The van der Waals surface area contributed by atoms with Gasteiger partial charge in [-0.3, -0.25) is 10.2 Å². The van der Waals surface area contributed by atoms with Crippen molar-refractivity contribution in [2.24, 2.45) is 5.92 Å². The van der Waals surface area contributed by atoms with Gasteiger partial charge in [-0.25, -0.2) is 19.4 Å². The minimum atomic E-state index is -0.369. The third-order valence-corrected chi connectivity index (χ3v) is 5.98. The highest BCUT2D eigenvalue weighted by atomic mass is 19.1. The highest BCUT2D eigenvalue weighted by Gasteiger charge is 2.25. The van der Waals surface area contributed by atoms with Crippen LogP contribution in [0, 0.1) is 18.7 Å². The number of aromatic nitrogens is 3. The van der Waals surface area contributed by atoms with Gasteiger partial charge in [0.15, 0.2) is 0 Å². The Kier molecular flexibility index (Phi) is 5.31. The zero-order valence-electron chi connectivity index (χ0n) is 17.6. The number of hydrogen-bond acceptors (Lipinski definition) is 5. The predicted molar refractivity (Wildman–Crippen MR) is 115 cm³/mol. The van der Waals surface area contributed by atoms with Crippen molar-refractivity contribution < 1.29 is 13.9 Å². The van der Waals surface area contributed by atoms with Gasteiger partial charge in [0.25, 0.3) is 5.91 Å². The highest BCUT2D eigenvalue weighted by molar-refractivity contribution is 6.09. The quantitative estimate of drug-likeness (QED) is 0.626. The smallest absolute Gasteiger partial charge is 0.269 e. The Bertz CT molecular complexity index is 1120. The molecular weight excluding hydrogens is 397 g/mol. The monoisotopic (exact) mass is 423 g/mol. The average Bonchev–Trinajstić information content (AvgIpc) is 3.53. The van der Waals surface area contributed by atoms with Gasteiger partial charge >= 0.3 is 0 Å². The van der Waals surface area contributed by atoms with E-state index >= 15 is 0 Å². The summed E-state index contributed by atoms with van der Waals surface area (Å²) in [6.07, 6.45) is 7.08. The molecule has 0 atom stereocenters. The van der Waals surface area contributed by atoms with E-state index < -0.39 is 0 Å². The number of ether oxygens (including phenoxy) is 1. The van der Waals surface area contributed by atoms with E-state index in [1.807, 2.05) is 11.9 Å².